The molecular formula is C25H19ClN4O2S. The van der Waals surface area contributed by atoms with Gasteiger partial charge in [0.1, 0.15) is 22.8 Å². The number of carbonyl (C=O) groups is 1. The molecule has 0 bridgehead atoms. The van der Waals surface area contributed by atoms with E-state index in [1.54, 1.807) is 25.6 Å². The second-order valence-corrected chi connectivity index (χ2v) is 8.98. The van der Waals surface area contributed by atoms with Gasteiger partial charge in [-0.3, -0.25) is 4.79 Å². The highest BCUT2D eigenvalue weighted by molar-refractivity contribution is 7.17. The predicted molar refractivity (Wildman–Crippen MR) is 130 cm³/mol. The average molecular weight is 475 g/mol. The summed E-state index contributed by atoms with van der Waals surface area (Å²) in [6.07, 6.45) is 4.75. The summed E-state index contributed by atoms with van der Waals surface area (Å²) in [5.41, 5.74) is 4.29. The molecule has 3 heterocycles. The summed E-state index contributed by atoms with van der Waals surface area (Å²) in [5, 5.41) is 2.22. The first kappa shape index (κ1) is 21.3. The van der Waals surface area contributed by atoms with Gasteiger partial charge in [-0.25, -0.2) is 15.0 Å². The number of fused-ring (bicyclic) bond motifs is 1. The Morgan fingerprint density at radius 1 is 1.12 bits per heavy atom. The van der Waals surface area contributed by atoms with Crippen molar-refractivity contribution in [1.29, 1.82) is 0 Å². The fourth-order valence-corrected chi connectivity index (χ4v) is 4.85. The molecule has 0 aliphatic rings. The van der Waals surface area contributed by atoms with E-state index < -0.39 is 0 Å². The number of halogens is 1. The Hall–Kier alpha value is -3.55. The molecule has 5 rings (SSSR count). The van der Waals surface area contributed by atoms with Crippen LogP contribution in [0.3, 0.4) is 0 Å². The van der Waals surface area contributed by atoms with Crippen molar-refractivity contribution < 1.29 is 9.53 Å². The van der Waals surface area contributed by atoms with Crippen LogP contribution in [-0.4, -0.2) is 32.4 Å². The van der Waals surface area contributed by atoms with Gasteiger partial charge in [0.15, 0.2) is 0 Å². The molecule has 6 nitrogen and oxygen atoms in total. The van der Waals surface area contributed by atoms with Crippen LogP contribution in [0.2, 0.25) is 5.02 Å². The van der Waals surface area contributed by atoms with E-state index in [1.807, 2.05) is 49.4 Å². The minimum absolute atomic E-state index is 0.0709. The van der Waals surface area contributed by atoms with Crippen LogP contribution in [0.1, 0.15) is 26.5 Å². The third-order valence-corrected chi connectivity index (χ3v) is 6.81. The van der Waals surface area contributed by atoms with Crippen LogP contribution in [0, 0.1) is 6.92 Å². The fraction of sp³-hybridized carbons (Fsp3) is 0.120. The molecule has 0 spiro atoms. The molecule has 33 heavy (non-hydrogen) atoms. The first-order valence-corrected chi connectivity index (χ1v) is 11.4. The van der Waals surface area contributed by atoms with Gasteiger partial charge in [0.25, 0.3) is 0 Å². The minimum Gasteiger partial charge on any atom is -0.497 e. The average Bonchev–Trinajstić information content (AvgIpc) is 3.44. The number of carbonyl (C=O) groups excluding carboxylic acids is 1. The number of thiazole rings is 1. The van der Waals surface area contributed by atoms with Crippen molar-refractivity contribution in [3.63, 3.8) is 0 Å². The number of nitrogens with zero attached hydrogens (tertiary/aromatic N) is 4. The van der Waals surface area contributed by atoms with E-state index in [9.17, 15) is 4.79 Å². The van der Waals surface area contributed by atoms with E-state index in [0.717, 1.165) is 22.2 Å². The molecule has 5 aromatic rings. The second-order valence-electron chi connectivity index (χ2n) is 7.51. The highest BCUT2D eigenvalue weighted by atomic mass is 35.5. The molecule has 0 saturated heterocycles. The van der Waals surface area contributed by atoms with E-state index in [4.69, 9.17) is 16.3 Å². The zero-order valence-electron chi connectivity index (χ0n) is 17.9. The van der Waals surface area contributed by atoms with Crippen molar-refractivity contribution in [1.82, 2.24) is 19.5 Å². The number of aromatic nitrogens is 4. The van der Waals surface area contributed by atoms with Gasteiger partial charge in [0.2, 0.25) is 5.78 Å². The predicted octanol–water partition coefficient (Wildman–Crippen LogP) is 5.80. The zero-order valence-corrected chi connectivity index (χ0v) is 19.5. The molecular weight excluding hydrogens is 456 g/mol. The number of ether oxygens (including phenoxy) is 1. The lowest BCUT2D eigenvalue weighted by Gasteiger charge is -2.09. The van der Waals surface area contributed by atoms with Gasteiger partial charge in [-0.1, -0.05) is 23.7 Å². The third kappa shape index (κ3) is 4.01. The second kappa shape index (κ2) is 8.77. The van der Waals surface area contributed by atoms with Crippen LogP contribution in [0.4, 0.5) is 0 Å². The number of benzene rings is 2. The maximum Gasteiger partial charge on any atom is 0.207 e. The number of ketones is 1. The number of rotatable bonds is 6. The van der Waals surface area contributed by atoms with Crippen molar-refractivity contribution in [2.24, 2.45) is 0 Å². The molecule has 0 fully saturated rings. The zero-order chi connectivity index (χ0) is 22.9. The van der Waals surface area contributed by atoms with Gasteiger partial charge in [0, 0.05) is 40.6 Å². The number of hydrogen-bond acceptors (Lipinski definition) is 6. The lowest BCUT2D eigenvalue weighted by Crippen LogP contribution is -2.05. The minimum atomic E-state index is -0.0709. The molecule has 0 aliphatic heterocycles. The Kier molecular flexibility index (Phi) is 5.66. The molecule has 0 saturated carbocycles. The van der Waals surface area contributed by atoms with E-state index in [0.29, 0.717) is 38.5 Å². The Labute approximate surface area is 199 Å². The molecule has 164 valence electrons. The van der Waals surface area contributed by atoms with Crippen LogP contribution < -0.4 is 4.74 Å². The summed E-state index contributed by atoms with van der Waals surface area (Å²) in [6, 6.07) is 15.3. The fourth-order valence-electron chi connectivity index (χ4n) is 3.89. The summed E-state index contributed by atoms with van der Waals surface area (Å²) in [4.78, 5) is 26.9. The molecule has 2 aromatic carbocycles. The van der Waals surface area contributed by atoms with Crippen molar-refractivity contribution in [2.75, 3.05) is 7.11 Å². The lowest BCUT2D eigenvalue weighted by molar-refractivity contribution is 0.104. The third-order valence-electron chi connectivity index (χ3n) is 5.54. The van der Waals surface area contributed by atoms with Gasteiger partial charge in [-0.05, 0) is 48.9 Å². The Morgan fingerprint density at radius 3 is 2.67 bits per heavy atom. The standard InChI is InChI=1S/C25H19ClN4O2S/c1-15-23(24(31)22-12-28-25(33-22)20-9-10-27-14-29-20)19-11-18(32-2)7-8-21(19)30(15)13-16-3-5-17(26)6-4-16/h3-12,14H,13H2,1-2H3. The summed E-state index contributed by atoms with van der Waals surface area (Å²) < 4.78 is 7.60. The Bertz CT molecular complexity index is 1460. The van der Waals surface area contributed by atoms with Crippen molar-refractivity contribution in [3.8, 4) is 16.5 Å². The van der Waals surface area contributed by atoms with Crippen LogP contribution in [0.25, 0.3) is 21.6 Å². The lowest BCUT2D eigenvalue weighted by atomic mass is 10.1. The summed E-state index contributed by atoms with van der Waals surface area (Å²) >= 11 is 7.38. The van der Waals surface area contributed by atoms with E-state index in [2.05, 4.69) is 19.5 Å². The van der Waals surface area contributed by atoms with Crippen molar-refractivity contribution >= 4 is 39.6 Å². The van der Waals surface area contributed by atoms with Crippen molar-refractivity contribution in [2.45, 2.75) is 13.5 Å². The van der Waals surface area contributed by atoms with Crippen LogP contribution in [0.15, 0.2) is 67.3 Å². The first-order chi connectivity index (χ1) is 16.0. The number of methoxy groups -OCH3 is 1. The summed E-state index contributed by atoms with van der Waals surface area (Å²) in [7, 11) is 1.62. The smallest absolute Gasteiger partial charge is 0.207 e. The maximum atomic E-state index is 13.7. The largest absolute Gasteiger partial charge is 0.497 e. The van der Waals surface area contributed by atoms with Crippen LogP contribution in [0.5, 0.6) is 5.75 Å². The summed E-state index contributed by atoms with van der Waals surface area (Å²) in [5.74, 6) is 0.629. The Morgan fingerprint density at radius 2 is 1.94 bits per heavy atom. The van der Waals surface area contributed by atoms with E-state index in [1.165, 1.54) is 17.7 Å². The summed E-state index contributed by atoms with van der Waals surface area (Å²) in [6.45, 7) is 2.59. The quantitative estimate of drug-likeness (QED) is 0.291. The monoisotopic (exact) mass is 474 g/mol. The number of hydrogen-bond donors (Lipinski definition) is 0. The van der Waals surface area contributed by atoms with E-state index in [-0.39, 0.29) is 5.78 Å². The SMILES string of the molecule is COc1ccc2c(c1)c(C(=O)c1cnc(-c3ccncn3)s1)c(C)n2Cc1ccc(Cl)cc1. The normalized spacial score (nSPS) is 11.1. The molecule has 0 aliphatic carbocycles. The van der Waals surface area contributed by atoms with Gasteiger partial charge >= 0.3 is 0 Å². The molecule has 0 atom stereocenters. The molecule has 0 N–H and O–H groups in total. The van der Waals surface area contributed by atoms with Crippen LogP contribution >= 0.6 is 22.9 Å². The molecule has 0 unspecified atom stereocenters. The van der Waals surface area contributed by atoms with Gasteiger partial charge < -0.3 is 9.30 Å². The van der Waals surface area contributed by atoms with Crippen LogP contribution in [-0.2, 0) is 6.54 Å². The molecule has 8 heteroatoms. The highest BCUT2D eigenvalue weighted by Gasteiger charge is 2.24. The first-order valence-electron chi connectivity index (χ1n) is 10.2. The highest BCUT2D eigenvalue weighted by Crippen LogP contribution is 2.34. The molecule has 0 amide bonds. The Balaban J connectivity index is 1.61. The van der Waals surface area contributed by atoms with Gasteiger partial charge in [-0.2, -0.15) is 0 Å². The van der Waals surface area contributed by atoms with E-state index >= 15 is 0 Å². The molecule has 3 aromatic heterocycles. The maximum absolute atomic E-state index is 13.7. The molecule has 0 radical (unpaired) electrons. The van der Waals surface area contributed by atoms with Gasteiger partial charge in [0.05, 0.1) is 17.6 Å². The van der Waals surface area contributed by atoms with Crippen molar-refractivity contribution in [3.05, 3.63) is 94.0 Å². The topological polar surface area (TPSA) is 69.9 Å². The van der Waals surface area contributed by atoms with Gasteiger partial charge in [-0.15, -0.1) is 11.3 Å².